The summed E-state index contributed by atoms with van der Waals surface area (Å²) in [5, 5.41) is 4.52. The molecule has 0 aliphatic heterocycles. The fourth-order valence-electron chi connectivity index (χ4n) is 2.68. The first-order valence-corrected chi connectivity index (χ1v) is 7.49. The molecule has 4 heteroatoms. The Bertz CT molecular complexity index is 972. The van der Waals surface area contributed by atoms with Crippen LogP contribution in [-0.2, 0) is 7.05 Å². The lowest BCUT2D eigenvalue weighted by Crippen LogP contribution is -1.95. The molecule has 23 heavy (non-hydrogen) atoms. The molecule has 0 bridgehead atoms. The van der Waals surface area contributed by atoms with Crippen LogP contribution < -0.4 is 5.32 Å². The molecule has 0 saturated carbocycles. The van der Waals surface area contributed by atoms with Gasteiger partial charge in [-0.2, -0.15) is 0 Å². The molecule has 0 amide bonds. The van der Waals surface area contributed by atoms with Crippen LogP contribution in [0.15, 0.2) is 73.2 Å². The monoisotopic (exact) mass is 300 g/mol. The van der Waals surface area contributed by atoms with Crippen molar-refractivity contribution in [2.24, 2.45) is 7.05 Å². The number of aromatic nitrogens is 3. The Balaban J connectivity index is 1.66. The Labute approximate surface area is 134 Å². The van der Waals surface area contributed by atoms with Crippen LogP contribution in [0, 0.1) is 0 Å². The van der Waals surface area contributed by atoms with E-state index in [1.54, 1.807) is 6.33 Å². The summed E-state index contributed by atoms with van der Waals surface area (Å²) < 4.78 is 2.01. The number of aryl methyl sites for hydroxylation is 1. The van der Waals surface area contributed by atoms with E-state index in [0.717, 1.165) is 33.7 Å². The molecular weight excluding hydrogens is 284 g/mol. The molecule has 0 unspecified atom stereocenters. The molecule has 112 valence electrons. The molecule has 2 heterocycles. The van der Waals surface area contributed by atoms with Crippen molar-refractivity contribution in [2.75, 3.05) is 5.32 Å². The van der Waals surface area contributed by atoms with Crippen LogP contribution in [0.4, 0.5) is 11.5 Å². The second kappa shape index (κ2) is 5.57. The van der Waals surface area contributed by atoms with Gasteiger partial charge in [0.1, 0.15) is 5.82 Å². The number of hydrogen-bond donors (Lipinski definition) is 1. The maximum Gasteiger partial charge on any atom is 0.131 e. The number of benzene rings is 2. The second-order valence-corrected chi connectivity index (χ2v) is 5.48. The molecule has 0 atom stereocenters. The largest absolute Gasteiger partial charge is 0.340 e. The van der Waals surface area contributed by atoms with Crippen LogP contribution >= 0.6 is 0 Å². The van der Waals surface area contributed by atoms with E-state index in [-0.39, 0.29) is 0 Å². The van der Waals surface area contributed by atoms with Crippen LogP contribution in [0.2, 0.25) is 0 Å². The van der Waals surface area contributed by atoms with Crippen LogP contribution in [-0.4, -0.2) is 14.5 Å². The first kappa shape index (κ1) is 13.5. The van der Waals surface area contributed by atoms with Gasteiger partial charge in [0, 0.05) is 23.7 Å². The zero-order valence-electron chi connectivity index (χ0n) is 12.8. The van der Waals surface area contributed by atoms with Gasteiger partial charge in [0.05, 0.1) is 23.7 Å². The van der Waals surface area contributed by atoms with Gasteiger partial charge < -0.3 is 9.88 Å². The molecule has 0 saturated heterocycles. The Hall–Kier alpha value is -3.14. The number of nitrogens with one attached hydrogen (secondary N) is 1. The molecule has 0 spiro atoms. The molecule has 0 aliphatic rings. The highest BCUT2D eigenvalue weighted by molar-refractivity contribution is 5.81. The smallest absolute Gasteiger partial charge is 0.131 e. The van der Waals surface area contributed by atoms with Gasteiger partial charge in [-0.1, -0.05) is 30.3 Å². The maximum absolute atomic E-state index is 4.65. The van der Waals surface area contributed by atoms with Crippen LogP contribution in [0.5, 0.6) is 0 Å². The molecule has 2 aromatic heterocycles. The SMILES string of the molecule is Cn1cncc1-c1cccc(Nc2ccc3ccccc3n2)c1. The Kier molecular flexibility index (Phi) is 3.27. The van der Waals surface area contributed by atoms with E-state index in [9.17, 15) is 0 Å². The molecule has 0 fully saturated rings. The molecular formula is C19H16N4. The minimum atomic E-state index is 0.839. The number of pyridine rings is 1. The van der Waals surface area contributed by atoms with Gasteiger partial charge in [0.25, 0.3) is 0 Å². The van der Waals surface area contributed by atoms with Crippen molar-refractivity contribution in [1.82, 2.24) is 14.5 Å². The number of rotatable bonds is 3. The van der Waals surface area contributed by atoms with Crippen molar-refractivity contribution >= 4 is 22.4 Å². The van der Waals surface area contributed by atoms with E-state index < -0.39 is 0 Å². The summed E-state index contributed by atoms with van der Waals surface area (Å²) >= 11 is 0. The van der Waals surface area contributed by atoms with E-state index in [1.165, 1.54) is 0 Å². The Morgan fingerprint density at radius 2 is 1.87 bits per heavy atom. The van der Waals surface area contributed by atoms with E-state index in [1.807, 2.05) is 54.2 Å². The highest BCUT2D eigenvalue weighted by Crippen LogP contribution is 2.24. The van der Waals surface area contributed by atoms with Crippen molar-refractivity contribution < 1.29 is 0 Å². The van der Waals surface area contributed by atoms with Crippen molar-refractivity contribution in [1.29, 1.82) is 0 Å². The lowest BCUT2D eigenvalue weighted by atomic mass is 10.1. The van der Waals surface area contributed by atoms with Crippen molar-refractivity contribution in [3.05, 3.63) is 73.2 Å². The van der Waals surface area contributed by atoms with E-state index >= 15 is 0 Å². The highest BCUT2D eigenvalue weighted by Gasteiger charge is 2.04. The lowest BCUT2D eigenvalue weighted by molar-refractivity contribution is 0.921. The summed E-state index contributed by atoms with van der Waals surface area (Å²) in [6.45, 7) is 0. The lowest BCUT2D eigenvalue weighted by Gasteiger charge is -2.09. The number of hydrogen-bond acceptors (Lipinski definition) is 3. The third-order valence-corrected chi connectivity index (χ3v) is 3.85. The van der Waals surface area contributed by atoms with Gasteiger partial charge in [0.2, 0.25) is 0 Å². The summed E-state index contributed by atoms with van der Waals surface area (Å²) in [4.78, 5) is 8.83. The van der Waals surface area contributed by atoms with Gasteiger partial charge in [-0.25, -0.2) is 9.97 Å². The number of para-hydroxylation sites is 1. The topological polar surface area (TPSA) is 42.7 Å². The summed E-state index contributed by atoms with van der Waals surface area (Å²) in [6.07, 6.45) is 3.67. The zero-order valence-corrected chi connectivity index (χ0v) is 12.8. The molecule has 0 aliphatic carbocycles. The standard InChI is InChI=1S/C19H16N4/c1-23-13-20-12-18(23)15-6-4-7-16(11-15)21-19-10-9-14-5-2-3-8-17(14)22-19/h2-13H,1H3,(H,21,22). The van der Waals surface area contributed by atoms with E-state index in [2.05, 4.69) is 39.6 Å². The zero-order chi connectivity index (χ0) is 15.6. The van der Waals surface area contributed by atoms with Gasteiger partial charge in [0.15, 0.2) is 0 Å². The highest BCUT2D eigenvalue weighted by atomic mass is 15.0. The van der Waals surface area contributed by atoms with Crippen LogP contribution in [0.3, 0.4) is 0 Å². The Morgan fingerprint density at radius 3 is 2.74 bits per heavy atom. The number of fused-ring (bicyclic) bond motifs is 1. The summed E-state index contributed by atoms with van der Waals surface area (Å²) in [6, 6.07) is 20.4. The van der Waals surface area contributed by atoms with Gasteiger partial charge >= 0.3 is 0 Å². The molecule has 1 N–H and O–H groups in total. The average molecular weight is 300 g/mol. The van der Waals surface area contributed by atoms with Crippen LogP contribution in [0.1, 0.15) is 0 Å². The van der Waals surface area contributed by atoms with Gasteiger partial charge in [-0.05, 0) is 30.3 Å². The van der Waals surface area contributed by atoms with Gasteiger partial charge in [-0.3, -0.25) is 0 Å². The first-order valence-electron chi connectivity index (χ1n) is 7.49. The Morgan fingerprint density at radius 1 is 0.957 bits per heavy atom. The molecule has 4 rings (SSSR count). The molecule has 2 aromatic carbocycles. The third kappa shape index (κ3) is 2.66. The first-order chi connectivity index (χ1) is 11.3. The third-order valence-electron chi connectivity index (χ3n) is 3.85. The van der Waals surface area contributed by atoms with Crippen molar-refractivity contribution in [3.8, 4) is 11.3 Å². The predicted molar refractivity (Wildman–Crippen MR) is 93.7 cm³/mol. The molecule has 0 radical (unpaired) electrons. The minimum absolute atomic E-state index is 0.839. The summed E-state index contributed by atoms with van der Waals surface area (Å²) in [5.74, 6) is 0.839. The second-order valence-electron chi connectivity index (χ2n) is 5.48. The fourth-order valence-corrected chi connectivity index (χ4v) is 2.68. The number of anilines is 2. The van der Waals surface area contributed by atoms with Crippen LogP contribution in [0.25, 0.3) is 22.2 Å². The van der Waals surface area contributed by atoms with E-state index in [4.69, 9.17) is 0 Å². The molecule has 4 nitrogen and oxygen atoms in total. The molecule has 4 aromatic rings. The predicted octanol–water partition coefficient (Wildman–Crippen LogP) is 4.38. The van der Waals surface area contributed by atoms with E-state index in [0.29, 0.717) is 0 Å². The van der Waals surface area contributed by atoms with Crippen molar-refractivity contribution in [3.63, 3.8) is 0 Å². The van der Waals surface area contributed by atoms with Crippen molar-refractivity contribution in [2.45, 2.75) is 0 Å². The normalized spacial score (nSPS) is 10.8. The minimum Gasteiger partial charge on any atom is -0.340 e. The fraction of sp³-hybridized carbons (Fsp3) is 0.0526. The quantitative estimate of drug-likeness (QED) is 0.610. The number of imidazole rings is 1. The van der Waals surface area contributed by atoms with Gasteiger partial charge in [-0.15, -0.1) is 0 Å². The summed E-state index contributed by atoms with van der Waals surface area (Å²) in [5.41, 5.74) is 4.20. The number of nitrogens with zero attached hydrogens (tertiary/aromatic N) is 3. The maximum atomic E-state index is 4.65. The average Bonchev–Trinajstić information content (AvgIpc) is 3.01. The summed E-state index contributed by atoms with van der Waals surface area (Å²) in [7, 11) is 1.99.